The molecule has 0 spiro atoms. The Morgan fingerprint density at radius 3 is 1.62 bits per heavy atom. The van der Waals surface area contributed by atoms with Crippen LogP contribution in [0.25, 0.3) is 12.2 Å². The van der Waals surface area contributed by atoms with Crippen LogP contribution in [0.15, 0.2) is 60.7 Å². The number of rotatable bonds is 2. The maximum absolute atomic E-state index is 2.38. The van der Waals surface area contributed by atoms with Crippen LogP contribution in [0.3, 0.4) is 0 Å². The molecule has 2 unspecified atom stereocenters. The third kappa shape index (κ3) is 2.46. The molecule has 0 saturated carbocycles. The summed E-state index contributed by atoms with van der Waals surface area (Å²) >= 11 is 0. The minimum atomic E-state index is 0. The molecule has 0 N–H and O–H groups in total. The van der Waals surface area contributed by atoms with Crippen molar-refractivity contribution in [1.29, 1.82) is 0 Å². The van der Waals surface area contributed by atoms with Gasteiger partial charge in [0.1, 0.15) is 0 Å². The Labute approximate surface area is 148 Å². The molecule has 99 valence electrons. The summed E-state index contributed by atoms with van der Waals surface area (Å²) < 4.78 is 0. The van der Waals surface area contributed by atoms with Gasteiger partial charge in [-0.25, -0.2) is 0 Å². The van der Waals surface area contributed by atoms with Crippen molar-refractivity contribution >= 4 is 41.7 Å². The Morgan fingerprint density at radius 2 is 1.14 bits per heavy atom. The molecular weight excluding hydrogens is 263 g/mol. The SMILES string of the molecule is CC(C1C=Cc2ccccc21)C1C=Cc2ccccc21.[Na]. The van der Waals surface area contributed by atoms with E-state index in [-0.39, 0.29) is 29.6 Å². The molecule has 0 nitrogen and oxygen atoms in total. The molecule has 0 amide bonds. The fourth-order valence-electron chi connectivity index (χ4n) is 3.69. The van der Waals surface area contributed by atoms with Gasteiger partial charge >= 0.3 is 0 Å². The van der Waals surface area contributed by atoms with Gasteiger partial charge in [-0.15, -0.1) is 0 Å². The zero-order valence-electron chi connectivity index (χ0n) is 12.7. The second-order valence-electron chi connectivity index (χ2n) is 5.89. The van der Waals surface area contributed by atoms with Gasteiger partial charge in [0.2, 0.25) is 0 Å². The van der Waals surface area contributed by atoms with Crippen molar-refractivity contribution in [2.45, 2.75) is 18.8 Å². The predicted molar refractivity (Wildman–Crippen MR) is 91.4 cm³/mol. The summed E-state index contributed by atoms with van der Waals surface area (Å²) in [6.45, 7) is 2.38. The molecule has 2 aromatic carbocycles. The normalized spacial score (nSPS) is 22.5. The molecule has 1 heteroatoms. The minimum Gasteiger partial charge on any atom is -0.0761 e. The molecular formula is C20H18Na. The topological polar surface area (TPSA) is 0 Å². The fourth-order valence-corrected chi connectivity index (χ4v) is 3.69. The first-order valence-electron chi connectivity index (χ1n) is 7.39. The zero-order valence-corrected chi connectivity index (χ0v) is 14.7. The first-order chi connectivity index (χ1) is 9.84. The van der Waals surface area contributed by atoms with Crippen LogP contribution in [0.2, 0.25) is 0 Å². The predicted octanol–water partition coefficient (Wildman–Crippen LogP) is 4.86. The van der Waals surface area contributed by atoms with Crippen LogP contribution in [0.5, 0.6) is 0 Å². The average molecular weight is 281 g/mol. The number of allylic oxidation sites excluding steroid dienone is 2. The second kappa shape index (κ2) is 5.96. The molecule has 2 atom stereocenters. The molecule has 0 bridgehead atoms. The van der Waals surface area contributed by atoms with Crippen molar-refractivity contribution in [3.05, 3.63) is 82.9 Å². The minimum absolute atomic E-state index is 0. The Morgan fingerprint density at radius 1 is 0.714 bits per heavy atom. The van der Waals surface area contributed by atoms with E-state index in [4.69, 9.17) is 0 Å². The number of hydrogen-bond acceptors (Lipinski definition) is 0. The molecule has 4 rings (SSSR count). The summed E-state index contributed by atoms with van der Waals surface area (Å²) in [7, 11) is 0. The van der Waals surface area contributed by atoms with Crippen LogP contribution in [0.1, 0.15) is 41.0 Å². The number of benzene rings is 2. The van der Waals surface area contributed by atoms with Crippen LogP contribution in [-0.2, 0) is 0 Å². The van der Waals surface area contributed by atoms with Crippen LogP contribution in [0.4, 0.5) is 0 Å². The zero-order chi connectivity index (χ0) is 13.5. The Kier molecular flexibility index (Phi) is 4.21. The molecule has 0 aromatic heterocycles. The third-order valence-electron chi connectivity index (χ3n) is 4.81. The van der Waals surface area contributed by atoms with Gasteiger partial charge in [-0.1, -0.05) is 79.8 Å². The third-order valence-corrected chi connectivity index (χ3v) is 4.81. The van der Waals surface area contributed by atoms with E-state index in [0.717, 1.165) is 0 Å². The van der Waals surface area contributed by atoms with Crippen LogP contribution >= 0.6 is 0 Å². The van der Waals surface area contributed by atoms with Crippen molar-refractivity contribution in [2.24, 2.45) is 5.92 Å². The first-order valence-corrected chi connectivity index (χ1v) is 7.39. The molecule has 0 aliphatic heterocycles. The standard InChI is InChI=1S/C20H18.Na/c1-14(17-12-10-15-6-2-4-8-19(15)17)18-13-11-16-7-3-5-9-20(16)18;/h2-14,17-18H,1H3;. The molecule has 1 radical (unpaired) electrons. The van der Waals surface area contributed by atoms with E-state index < -0.39 is 0 Å². The maximum Gasteiger partial charge on any atom is 0.00617 e. The summed E-state index contributed by atoms with van der Waals surface area (Å²) in [5, 5.41) is 0. The van der Waals surface area contributed by atoms with E-state index in [0.29, 0.717) is 17.8 Å². The van der Waals surface area contributed by atoms with Crippen molar-refractivity contribution in [3.63, 3.8) is 0 Å². The van der Waals surface area contributed by atoms with Crippen molar-refractivity contribution in [1.82, 2.24) is 0 Å². The molecule has 2 aliphatic rings. The van der Waals surface area contributed by atoms with Crippen LogP contribution < -0.4 is 0 Å². The molecule has 2 aromatic rings. The largest absolute Gasteiger partial charge is 0.0761 e. The Hall–Kier alpha value is -1.08. The second-order valence-corrected chi connectivity index (χ2v) is 5.89. The quantitative estimate of drug-likeness (QED) is 0.689. The van der Waals surface area contributed by atoms with Gasteiger partial charge in [0.15, 0.2) is 0 Å². The van der Waals surface area contributed by atoms with Crippen LogP contribution in [0, 0.1) is 5.92 Å². The van der Waals surface area contributed by atoms with Gasteiger partial charge in [-0.05, 0) is 28.2 Å². The van der Waals surface area contributed by atoms with Gasteiger partial charge in [0, 0.05) is 41.4 Å². The fraction of sp³-hybridized carbons (Fsp3) is 0.200. The van der Waals surface area contributed by atoms with Gasteiger partial charge < -0.3 is 0 Å². The molecule has 0 fully saturated rings. The van der Waals surface area contributed by atoms with Gasteiger partial charge in [-0.3, -0.25) is 0 Å². The van der Waals surface area contributed by atoms with Crippen molar-refractivity contribution < 1.29 is 0 Å². The summed E-state index contributed by atoms with van der Waals surface area (Å²) in [5.41, 5.74) is 5.75. The first kappa shape index (κ1) is 14.8. The monoisotopic (exact) mass is 281 g/mol. The Balaban J connectivity index is 0.00000132. The number of hydrogen-bond donors (Lipinski definition) is 0. The van der Waals surface area contributed by atoms with Gasteiger partial charge in [-0.2, -0.15) is 0 Å². The van der Waals surface area contributed by atoms with Gasteiger partial charge in [0.05, 0.1) is 0 Å². The Bertz CT molecular complexity index is 650. The molecule has 0 heterocycles. The van der Waals surface area contributed by atoms with E-state index in [9.17, 15) is 0 Å². The van der Waals surface area contributed by atoms with Crippen molar-refractivity contribution in [2.75, 3.05) is 0 Å². The molecule has 21 heavy (non-hydrogen) atoms. The van der Waals surface area contributed by atoms with E-state index >= 15 is 0 Å². The smallest absolute Gasteiger partial charge is 0.00617 e. The van der Waals surface area contributed by atoms with E-state index in [1.807, 2.05) is 0 Å². The summed E-state index contributed by atoms with van der Waals surface area (Å²) in [5.74, 6) is 1.66. The summed E-state index contributed by atoms with van der Waals surface area (Å²) in [6.07, 6.45) is 9.32. The molecule has 2 aliphatic carbocycles. The number of fused-ring (bicyclic) bond motifs is 2. The van der Waals surface area contributed by atoms with Crippen molar-refractivity contribution in [3.8, 4) is 0 Å². The van der Waals surface area contributed by atoms with Gasteiger partial charge in [0.25, 0.3) is 0 Å². The van der Waals surface area contributed by atoms with E-state index in [2.05, 4.69) is 79.8 Å². The van der Waals surface area contributed by atoms with E-state index in [1.165, 1.54) is 22.3 Å². The van der Waals surface area contributed by atoms with E-state index in [1.54, 1.807) is 0 Å². The van der Waals surface area contributed by atoms with Crippen LogP contribution in [-0.4, -0.2) is 29.6 Å². The summed E-state index contributed by atoms with van der Waals surface area (Å²) in [4.78, 5) is 0. The molecule has 0 saturated heterocycles. The average Bonchev–Trinajstić information content (AvgIpc) is 3.11. The summed E-state index contributed by atoms with van der Waals surface area (Å²) in [6, 6.07) is 17.6. The maximum atomic E-state index is 2.38.